The first-order chi connectivity index (χ1) is 11.0. The molecule has 1 rings (SSSR count). The van der Waals surface area contributed by atoms with E-state index in [1.165, 1.54) is 0 Å². The maximum atomic E-state index is 13.2. The standard InChI is InChI=1S/C13H17F3O8/c1-5(17)21-8-9(22-6(2)18)11(13(14,15)16)24-12(20-4)10(8)23-7(3)19/h8-12H,1-4H3/t8-,9-,10-,11-,12?/m0/s1. The molecule has 11 heteroatoms. The van der Waals surface area contributed by atoms with Crippen LogP contribution in [0.5, 0.6) is 0 Å². The lowest BCUT2D eigenvalue weighted by atomic mass is 9.97. The molecule has 24 heavy (non-hydrogen) atoms. The lowest BCUT2D eigenvalue weighted by Crippen LogP contribution is -2.65. The zero-order valence-corrected chi connectivity index (χ0v) is 13.3. The van der Waals surface area contributed by atoms with Crippen LogP contribution in [0.15, 0.2) is 0 Å². The number of hydrogen-bond acceptors (Lipinski definition) is 8. The van der Waals surface area contributed by atoms with E-state index in [4.69, 9.17) is 18.9 Å². The van der Waals surface area contributed by atoms with Crippen molar-refractivity contribution < 1.29 is 51.2 Å². The molecule has 0 saturated carbocycles. The smallest absolute Gasteiger partial charge is 0.418 e. The summed E-state index contributed by atoms with van der Waals surface area (Å²) < 4.78 is 63.5. The molecule has 1 saturated heterocycles. The number of esters is 3. The van der Waals surface area contributed by atoms with Crippen LogP contribution in [0, 0.1) is 0 Å². The summed E-state index contributed by atoms with van der Waals surface area (Å²) in [4.78, 5) is 33.6. The predicted octanol–water partition coefficient (Wildman–Crippen LogP) is 0.715. The Hall–Kier alpha value is -1.88. The fourth-order valence-corrected chi connectivity index (χ4v) is 2.23. The summed E-state index contributed by atoms with van der Waals surface area (Å²) in [6, 6.07) is 0. The molecule has 0 bridgehead atoms. The van der Waals surface area contributed by atoms with Gasteiger partial charge in [-0.3, -0.25) is 14.4 Å². The lowest BCUT2D eigenvalue weighted by Gasteiger charge is -2.44. The van der Waals surface area contributed by atoms with Crippen molar-refractivity contribution in [3.63, 3.8) is 0 Å². The molecule has 5 atom stereocenters. The van der Waals surface area contributed by atoms with Crippen LogP contribution in [0.1, 0.15) is 20.8 Å². The number of hydrogen-bond donors (Lipinski definition) is 0. The van der Waals surface area contributed by atoms with Crippen LogP contribution in [0.3, 0.4) is 0 Å². The zero-order chi connectivity index (χ0) is 18.7. The van der Waals surface area contributed by atoms with Gasteiger partial charge in [0.05, 0.1) is 0 Å². The Kier molecular flexibility index (Phi) is 6.55. The fraction of sp³-hybridized carbons (Fsp3) is 0.769. The van der Waals surface area contributed by atoms with E-state index in [2.05, 4.69) is 4.74 Å². The first kappa shape index (κ1) is 20.2. The third kappa shape index (κ3) is 5.06. The Morgan fingerprint density at radius 3 is 1.62 bits per heavy atom. The van der Waals surface area contributed by atoms with Gasteiger partial charge in [0.25, 0.3) is 0 Å². The minimum Gasteiger partial charge on any atom is -0.455 e. The summed E-state index contributed by atoms with van der Waals surface area (Å²) >= 11 is 0. The van der Waals surface area contributed by atoms with E-state index in [0.717, 1.165) is 27.9 Å². The molecular formula is C13H17F3O8. The highest BCUT2D eigenvalue weighted by Crippen LogP contribution is 2.37. The zero-order valence-electron chi connectivity index (χ0n) is 13.3. The number of halogens is 3. The molecule has 0 aromatic rings. The molecule has 0 radical (unpaired) electrons. The first-order valence-corrected chi connectivity index (χ1v) is 6.74. The summed E-state index contributed by atoms with van der Waals surface area (Å²) in [5.41, 5.74) is 0. The van der Waals surface area contributed by atoms with Crippen LogP contribution in [0.2, 0.25) is 0 Å². The molecule has 1 heterocycles. The number of rotatable bonds is 4. The molecule has 1 unspecified atom stereocenters. The van der Waals surface area contributed by atoms with Crippen LogP contribution in [-0.2, 0) is 38.1 Å². The maximum absolute atomic E-state index is 13.2. The van der Waals surface area contributed by atoms with Crippen LogP contribution >= 0.6 is 0 Å². The van der Waals surface area contributed by atoms with Crippen LogP contribution in [0.4, 0.5) is 13.2 Å². The third-order valence-corrected chi connectivity index (χ3v) is 2.96. The van der Waals surface area contributed by atoms with Gasteiger partial charge in [-0.25, -0.2) is 0 Å². The number of ether oxygens (including phenoxy) is 5. The van der Waals surface area contributed by atoms with Crippen molar-refractivity contribution in [2.75, 3.05) is 7.11 Å². The van der Waals surface area contributed by atoms with Gasteiger partial charge in [0, 0.05) is 27.9 Å². The highest BCUT2D eigenvalue weighted by Gasteiger charge is 2.60. The molecular weight excluding hydrogens is 341 g/mol. The highest BCUT2D eigenvalue weighted by molar-refractivity contribution is 5.68. The van der Waals surface area contributed by atoms with Crippen LogP contribution in [0.25, 0.3) is 0 Å². The fourth-order valence-electron chi connectivity index (χ4n) is 2.23. The van der Waals surface area contributed by atoms with E-state index in [9.17, 15) is 27.6 Å². The van der Waals surface area contributed by atoms with Crippen molar-refractivity contribution in [1.82, 2.24) is 0 Å². The molecule has 0 spiro atoms. The SMILES string of the molecule is COC1O[C@H](C(F)(F)F)[C@@H](OC(C)=O)[C@H](OC(C)=O)[C@@H]1OC(C)=O. The van der Waals surface area contributed by atoms with Crippen molar-refractivity contribution >= 4 is 17.9 Å². The molecule has 1 aliphatic rings. The summed E-state index contributed by atoms with van der Waals surface area (Å²) in [5, 5.41) is 0. The van der Waals surface area contributed by atoms with Crippen molar-refractivity contribution in [1.29, 1.82) is 0 Å². The molecule has 1 fully saturated rings. The molecule has 0 amide bonds. The second-order valence-electron chi connectivity index (χ2n) is 4.92. The van der Waals surface area contributed by atoms with Crippen molar-refractivity contribution in [3.8, 4) is 0 Å². The topological polar surface area (TPSA) is 97.4 Å². The normalized spacial score (nSPS) is 30.4. The van der Waals surface area contributed by atoms with Gasteiger partial charge >= 0.3 is 24.1 Å². The predicted molar refractivity (Wildman–Crippen MR) is 68.4 cm³/mol. The van der Waals surface area contributed by atoms with Gasteiger partial charge < -0.3 is 23.7 Å². The second-order valence-corrected chi connectivity index (χ2v) is 4.92. The largest absolute Gasteiger partial charge is 0.455 e. The maximum Gasteiger partial charge on any atom is 0.418 e. The quantitative estimate of drug-likeness (QED) is 0.536. The Labute approximate surface area is 135 Å². The van der Waals surface area contributed by atoms with E-state index in [0.29, 0.717) is 0 Å². The molecule has 0 N–H and O–H groups in total. The van der Waals surface area contributed by atoms with Crippen molar-refractivity contribution in [2.45, 2.75) is 57.7 Å². The molecule has 0 aromatic heterocycles. The number of alkyl halides is 3. The molecule has 0 aliphatic carbocycles. The van der Waals surface area contributed by atoms with Gasteiger partial charge in [-0.15, -0.1) is 0 Å². The molecule has 8 nitrogen and oxygen atoms in total. The summed E-state index contributed by atoms with van der Waals surface area (Å²) in [5.74, 6) is -2.91. The van der Waals surface area contributed by atoms with Gasteiger partial charge in [-0.1, -0.05) is 0 Å². The van der Waals surface area contributed by atoms with Crippen molar-refractivity contribution in [3.05, 3.63) is 0 Å². The Morgan fingerprint density at radius 1 is 0.833 bits per heavy atom. The summed E-state index contributed by atoms with van der Waals surface area (Å²) in [6.07, 6.45) is -14.7. The van der Waals surface area contributed by atoms with E-state index < -0.39 is 54.8 Å². The summed E-state index contributed by atoms with van der Waals surface area (Å²) in [6.45, 7) is 2.81. The van der Waals surface area contributed by atoms with Crippen LogP contribution in [-0.4, -0.2) is 61.9 Å². The average molecular weight is 358 g/mol. The number of carbonyl (C=O) groups excluding carboxylic acids is 3. The van der Waals surface area contributed by atoms with E-state index in [1.807, 2.05) is 0 Å². The highest BCUT2D eigenvalue weighted by atomic mass is 19.4. The van der Waals surface area contributed by atoms with Gasteiger partial charge in [0.1, 0.15) is 0 Å². The van der Waals surface area contributed by atoms with Crippen molar-refractivity contribution in [2.24, 2.45) is 0 Å². The van der Waals surface area contributed by atoms with E-state index >= 15 is 0 Å². The van der Waals surface area contributed by atoms with Gasteiger partial charge in [0.15, 0.2) is 30.7 Å². The minimum atomic E-state index is -4.96. The molecule has 138 valence electrons. The monoisotopic (exact) mass is 358 g/mol. The molecule has 0 aromatic carbocycles. The third-order valence-electron chi connectivity index (χ3n) is 2.96. The Balaban J connectivity index is 3.31. The number of carbonyl (C=O) groups is 3. The summed E-state index contributed by atoms with van der Waals surface area (Å²) in [7, 11) is 1.02. The molecule has 1 aliphatic heterocycles. The Bertz CT molecular complexity index is 492. The van der Waals surface area contributed by atoms with Gasteiger partial charge in [-0.05, 0) is 0 Å². The van der Waals surface area contributed by atoms with Crippen LogP contribution < -0.4 is 0 Å². The second kappa shape index (κ2) is 7.79. The Morgan fingerprint density at radius 2 is 1.25 bits per heavy atom. The van der Waals surface area contributed by atoms with E-state index in [1.54, 1.807) is 0 Å². The van der Waals surface area contributed by atoms with Gasteiger partial charge in [-0.2, -0.15) is 13.2 Å². The first-order valence-electron chi connectivity index (χ1n) is 6.74. The minimum absolute atomic E-state index is 0.876. The number of methoxy groups -OCH3 is 1. The average Bonchev–Trinajstić information content (AvgIpc) is 2.39. The van der Waals surface area contributed by atoms with Gasteiger partial charge in [0.2, 0.25) is 0 Å². The lowest BCUT2D eigenvalue weighted by molar-refractivity contribution is -0.351. The van der Waals surface area contributed by atoms with E-state index in [-0.39, 0.29) is 0 Å².